The molecule has 5 nitrogen and oxygen atoms in total. The molecule has 1 aromatic carbocycles. The SMILES string of the molecule is Cc1ccc(NCCNC(=O)/C=C/c2cccc(F)c2)nn1. The van der Waals surface area contributed by atoms with Crippen LogP contribution in [0.3, 0.4) is 0 Å². The molecule has 0 atom stereocenters. The Kier molecular flexibility index (Phi) is 5.59. The number of hydrogen-bond donors (Lipinski definition) is 2. The maximum atomic E-state index is 13.0. The predicted octanol–water partition coefficient (Wildman–Crippen LogP) is 2.17. The molecule has 22 heavy (non-hydrogen) atoms. The summed E-state index contributed by atoms with van der Waals surface area (Å²) in [6, 6.07) is 9.73. The average molecular weight is 300 g/mol. The van der Waals surface area contributed by atoms with Crippen molar-refractivity contribution in [2.24, 2.45) is 0 Å². The van der Waals surface area contributed by atoms with E-state index < -0.39 is 0 Å². The summed E-state index contributed by atoms with van der Waals surface area (Å²) in [6.07, 6.45) is 2.94. The highest BCUT2D eigenvalue weighted by atomic mass is 19.1. The molecule has 2 aromatic rings. The zero-order valence-corrected chi connectivity index (χ0v) is 12.2. The molecule has 0 unspecified atom stereocenters. The Hall–Kier alpha value is -2.76. The summed E-state index contributed by atoms with van der Waals surface area (Å²) in [5.74, 6) is 0.0992. The average Bonchev–Trinajstić information content (AvgIpc) is 2.51. The second-order valence-electron chi connectivity index (χ2n) is 4.67. The normalized spacial score (nSPS) is 10.6. The van der Waals surface area contributed by atoms with Gasteiger partial charge in [-0.05, 0) is 42.8 Å². The number of halogens is 1. The zero-order chi connectivity index (χ0) is 15.8. The van der Waals surface area contributed by atoms with Gasteiger partial charge in [0, 0.05) is 19.2 Å². The molecule has 6 heteroatoms. The van der Waals surface area contributed by atoms with E-state index in [1.54, 1.807) is 18.2 Å². The minimum Gasteiger partial charge on any atom is -0.367 e. The molecule has 1 amide bonds. The van der Waals surface area contributed by atoms with E-state index >= 15 is 0 Å². The fraction of sp³-hybridized carbons (Fsp3) is 0.188. The van der Waals surface area contributed by atoms with Crippen LogP contribution in [-0.2, 0) is 4.79 Å². The van der Waals surface area contributed by atoms with Gasteiger partial charge in [-0.25, -0.2) is 4.39 Å². The molecule has 2 rings (SSSR count). The topological polar surface area (TPSA) is 66.9 Å². The number of anilines is 1. The lowest BCUT2D eigenvalue weighted by Crippen LogP contribution is -2.27. The smallest absolute Gasteiger partial charge is 0.244 e. The third kappa shape index (κ3) is 5.32. The maximum Gasteiger partial charge on any atom is 0.244 e. The van der Waals surface area contributed by atoms with E-state index in [4.69, 9.17) is 0 Å². The van der Waals surface area contributed by atoms with Crippen molar-refractivity contribution in [3.8, 4) is 0 Å². The van der Waals surface area contributed by atoms with Crippen molar-refractivity contribution in [1.82, 2.24) is 15.5 Å². The van der Waals surface area contributed by atoms with Crippen molar-refractivity contribution >= 4 is 17.8 Å². The zero-order valence-electron chi connectivity index (χ0n) is 12.2. The minimum absolute atomic E-state index is 0.235. The molecular formula is C16H17FN4O. The Morgan fingerprint density at radius 2 is 2.09 bits per heavy atom. The van der Waals surface area contributed by atoms with Gasteiger partial charge in [0.2, 0.25) is 5.91 Å². The molecular weight excluding hydrogens is 283 g/mol. The van der Waals surface area contributed by atoms with E-state index in [1.807, 2.05) is 19.1 Å². The van der Waals surface area contributed by atoms with Crippen molar-refractivity contribution in [3.05, 3.63) is 59.5 Å². The Labute approximate surface area is 128 Å². The molecule has 1 aromatic heterocycles. The van der Waals surface area contributed by atoms with Crippen LogP contribution < -0.4 is 10.6 Å². The summed E-state index contributed by atoms with van der Waals surface area (Å²) < 4.78 is 13.0. The van der Waals surface area contributed by atoms with E-state index in [9.17, 15) is 9.18 Å². The number of aryl methyl sites for hydroxylation is 1. The third-order valence-electron chi connectivity index (χ3n) is 2.80. The second-order valence-corrected chi connectivity index (χ2v) is 4.67. The number of hydrogen-bond acceptors (Lipinski definition) is 4. The number of nitrogens with one attached hydrogen (secondary N) is 2. The largest absolute Gasteiger partial charge is 0.367 e. The van der Waals surface area contributed by atoms with E-state index in [0.29, 0.717) is 24.5 Å². The molecule has 0 aliphatic heterocycles. The summed E-state index contributed by atoms with van der Waals surface area (Å²) in [6.45, 7) is 2.85. The van der Waals surface area contributed by atoms with Gasteiger partial charge in [-0.1, -0.05) is 12.1 Å². The number of rotatable bonds is 6. The molecule has 0 saturated heterocycles. The number of carbonyl (C=O) groups excluding carboxylic acids is 1. The van der Waals surface area contributed by atoms with Crippen LogP contribution in [0.4, 0.5) is 10.2 Å². The van der Waals surface area contributed by atoms with Gasteiger partial charge in [0.1, 0.15) is 11.6 Å². The van der Waals surface area contributed by atoms with Crippen molar-refractivity contribution in [1.29, 1.82) is 0 Å². The first-order valence-electron chi connectivity index (χ1n) is 6.89. The van der Waals surface area contributed by atoms with E-state index in [1.165, 1.54) is 18.2 Å². The summed E-state index contributed by atoms with van der Waals surface area (Å²) in [7, 11) is 0. The molecule has 0 bridgehead atoms. The number of aromatic nitrogens is 2. The van der Waals surface area contributed by atoms with Crippen LogP contribution in [0.15, 0.2) is 42.5 Å². The summed E-state index contributed by atoms with van der Waals surface area (Å²) in [5, 5.41) is 13.6. The molecule has 0 radical (unpaired) electrons. The van der Waals surface area contributed by atoms with Crippen LogP contribution >= 0.6 is 0 Å². The first-order valence-corrected chi connectivity index (χ1v) is 6.89. The Bertz CT molecular complexity index is 655. The Morgan fingerprint density at radius 1 is 1.23 bits per heavy atom. The lowest BCUT2D eigenvalue weighted by atomic mass is 10.2. The summed E-state index contributed by atoms with van der Waals surface area (Å²) >= 11 is 0. The van der Waals surface area contributed by atoms with E-state index in [-0.39, 0.29) is 11.7 Å². The van der Waals surface area contributed by atoms with E-state index in [2.05, 4.69) is 20.8 Å². The lowest BCUT2D eigenvalue weighted by molar-refractivity contribution is -0.116. The number of amides is 1. The van der Waals surface area contributed by atoms with Crippen LogP contribution in [0.25, 0.3) is 6.08 Å². The van der Waals surface area contributed by atoms with Gasteiger partial charge in [-0.15, -0.1) is 5.10 Å². The standard InChI is InChI=1S/C16H17FN4O/c1-12-5-7-15(21-20-12)18-9-10-19-16(22)8-6-13-3-2-4-14(17)11-13/h2-8,11H,9-10H2,1H3,(H,18,21)(H,19,22)/b8-6+. The number of carbonyl (C=O) groups is 1. The molecule has 0 spiro atoms. The highest BCUT2D eigenvalue weighted by Crippen LogP contribution is 2.05. The van der Waals surface area contributed by atoms with Crippen molar-refractivity contribution in [3.63, 3.8) is 0 Å². The minimum atomic E-state index is -0.328. The molecule has 2 N–H and O–H groups in total. The Balaban J connectivity index is 1.70. The van der Waals surface area contributed by atoms with Crippen LogP contribution in [0.5, 0.6) is 0 Å². The molecule has 1 heterocycles. The van der Waals surface area contributed by atoms with Gasteiger partial charge in [0.25, 0.3) is 0 Å². The monoisotopic (exact) mass is 300 g/mol. The fourth-order valence-corrected chi connectivity index (χ4v) is 1.71. The van der Waals surface area contributed by atoms with Gasteiger partial charge in [0.15, 0.2) is 0 Å². The second kappa shape index (κ2) is 7.87. The number of nitrogens with zero attached hydrogens (tertiary/aromatic N) is 2. The van der Waals surface area contributed by atoms with Gasteiger partial charge in [-0.2, -0.15) is 5.10 Å². The molecule has 114 valence electrons. The molecule has 0 saturated carbocycles. The highest BCUT2D eigenvalue weighted by molar-refractivity contribution is 5.91. The van der Waals surface area contributed by atoms with Crippen molar-refractivity contribution in [2.75, 3.05) is 18.4 Å². The van der Waals surface area contributed by atoms with Gasteiger partial charge in [-0.3, -0.25) is 4.79 Å². The maximum absolute atomic E-state index is 13.0. The quantitative estimate of drug-likeness (QED) is 0.634. The van der Waals surface area contributed by atoms with Crippen molar-refractivity contribution in [2.45, 2.75) is 6.92 Å². The van der Waals surface area contributed by atoms with Crippen LogP contribution in [0.1, 0.15) is 11.3 Å². The van der Waals surface area contributed by atoms with Crippen molar-refractivity contribution < 1.29 is 9.18 Å². The van der Waals surface area contributed by atoms with Gasteiger partial charge in [0.05, 0.1) is 5.69 Å². The third-order valence-corrected chi connectivity index (χ3v) is 2.80. The Morgan fingerprint density at radius 3 is 2.82 bits per heavy atom. The lowest BCUT2D eigenvalue weighted by Gasteiger charge is -2.05. The van der Waals surface area contributed by atoms with Crippen LogP contribution in [-0.4, -0.2) is 29.2 Å². The first-order chi connectivity index (χ1) is 10.6. The first kappa shape index (κ1) is 15.6. The predicted molar refractivity (Wildman–Crippen MR) is 83.7 cm³/mol. The molecule has 0 fully saturated rings. The highest BCUT2D eigenvalue weighted by Gasteiger charge is 1.97. The van der Waals surface area contributed by atoms with E-state index in [0.717, 1.165) is 5.69 Å². The van der Waals surface area contributed by atoms with Crippen LogP contribution in [0.2, 0.25) is 0 Å². The fourth-order valence-electron chi connectivity index (χ4n) is 1.71. The van der Waals surface area contributed by atoms with Gasteiger partial charge >= 0.3 is 0 Å². The van der Waals surface area contributed by atoms with Crippen LogP contribution in [0, 0.1) is 12.7 Å². The molecule has 0 aliphatic rings. The molecule has 0 aliphatic carbocycles. The summed E-state index contributed by atoms with van der Waals surface area (Å²) in [4.78, 5) is 11.6. The number of benzene rings is 1. The van der Waals surface area contributed by atoms with Gasteiger partial charge < -0.3 is 10.6 Å². The summed E-state index contributed by atoms with van der Waals surface area (Å²) in [5.41, 5.74) is 1.49.